The van der Waals surface area contributed by atoms with Crippen molar-refractivity contribution < 1.29 is 14.7 Å². The number of rotatable bonds is 4. The minimum atomic E-state index is -1.15. The molecule has 0 aliphatic heterocycles. The number of hydrogen-bond acceptors (Lipinski definition) is 2. The third-order valence-corrected chi connectivity index (χ3v) is 5.21. The first-order valence-electron chi connectivity index (χ1n) is 8.65. The van der Waals surface area contributed by atoms with Crippen LogP contribution < -0.4 is 5.32 Å². The quantitative estimate of drug-likeness (QED) is 0.811. The van der Waals surface area contributed by atoms with Gasteiger partial charge in [0.25, 0.3) is 0 Å². The van der Waals surface area contributed by atoms with Crippen LogP contribution in [-0.2, 0) is 20.4 Å². The van der Waals surface area contributed by atoms with Gasteiger partial charge >= 0.3 is 5.97 Å². The standard InChI is InChI=1S/C22H23NO3/c1-21(2)14-22(3,18-7-5-4-6-17(18)21)15-8-10-16(11-9-15)23-19(24)12-13-20(25)26/h4-13H,14H2,1-3H3,(H,23,24)(H,25,26)/b13-12-. The van der Waals surface area contributed by atoms with Gasteiger partial charge in [0.1, 0.15) is 0 Å². The second kappa shape index (κ2) is 6.45. The zero-order chi connectivity index (χ0) is 18.9. The molecular weight excluding hydrogens is 326 g/mol. The highest BCUT2D eigenvalue weighted by Gasteiger charge is 2.45. The second-order valence-electron chi connectivity index (χ2n) is 7.68. The molecule has 0 fully saturated rings. The van der Waals surface area contributed by atoms with Crippen LogP contribution in [0.5, 0.6) is 0 Å². The lowest BCUT2D eigenvalue weighted by Crippen LogP contribution is -2.23. The monoisotopic (exact) mass is 349 g/mol. The van der Waals surface area contributed by atoms with E-state index in [1.165, 1.54) is 16.7 Å². The lowest BCUT2D eigenvalue weighted by atomic mass is 9.75. The van der Waals surface area contributed by atoms with Gasteiger partial charge in [0, 0.05) is 23.3 Å². The maximum atomic E-state index is 11.7. The molecule has 2 N–H and O–H groups in total. The molecule has 1 aliphatic carbocycles. The minimum absolute atomic E-state index is 0.0775. The zero-order valence-electron chi connectivity index (χ0n) is 15.2. The number of amides is 1. The highest BCUT2D eigenvalue weighted by molar-refractivity contribution is 6.02. The molecule has 134 valence electrons. The molecule has 1 atom stereocenters. The van der Waals surface area contributed by atoms with Crippen molar-refractivity contribution in [2.45, 2.75) is 38.0 Å². The molecule has 1 aliphatic rings. The Morgan fingerprint density at radius 2 is 1.58 bits per heavy atom. The Hall–Kier alpha value is -2.88. The first-order valence-corrected chi connectivity index (χ1v) is 8.65. The largest absolute Gasteiger partial charge is 0.478 e. The molecule has 26 heavy (non-hydrogen) atoms. The smallest absolute Gasteiger partial charge is 0.328 e. The summed E-state index contributed by atoms with van der Waals surface area (Å²) < 4.78 is 0. The number of nitrogens with one attached hydrogen (secondary N) is 1. The van der Waals surface area contributed by atoms with Crippen LogP contribution in [0.4, 0.5) is 5.69 Å². The van der Waals surface area contributed by atoms with Gasteiger partial charge < -0.3 is 10.4 Å². The van der Waals surface area contributed by atoms with Crippen LogP contribution in [0.3, 0.4) is 0 Å². The predicted octanol–water partition coefficient (Wildman–Crippen LogP) is 4.25. The molecule has 4 heteroatoms. The highest BCUT2D eigenvalue weighted by atomic mass is 16.4. The Morgan fingerprint density at radius 3 is 2.19 bits per heavy atom. The maximum absolute atomic E-state index is 11.7. The van der Waals surface area contributed by atoms with E-state index in [2.05, 4.69) is 50.4 Å². The molecule has 0 spiro atoms. The van der Waals surface area contributed by atoms with Crippen LogP contribution in [-0.4, -0.2) is 17.0 Å². The average Bonchev–Trinajstić information content (AvgIpc) is 2.81. The van der Waals surface area contributed by atoms with E-state index in [-0.39, 0.29) is 10.8 Å². The summed E-state index contributed by atoms with van der Waals surface area (Å²) in [4.78, 5) is 22.2. The van der Waals surface area contributed by atoms with E-state index in [1.807, 2.05) is 24.3 Å². The van der Waals surface area contributed by atoms with Gasteiger partial charge in [-0.3, -0.25) is 4.79 Å². The third-order valence-electron chi connectivity index (χ3n) is 5.21. The van der Waals surface area contributed by atoms with Crippen molar-refractivity contribution in [3.05, 3.63) is 77.4 Å². The van der Waals surface area contributed by atoms with Crippen LogP contribution in [0.1, 0.15) is 43.9 Å². The normalized spacial score (nSPS) is 20.7. The van der Waals surface area contributed by atoms with E-state index in [0.29, 0.717) is 5.69 Å². The lowest BCUT2D eigenvalue weighted by Gasteiger charge is -2.28. The molecule has 2 aromatic carbocycles. The fourth-order valence-electron chi connectivity index (χ4n) is 4.14. The highest BCUT2D eigenvalue weighted by Crippen LogP contribution is 2.52. The Kier molecular flexibility index (Phi) is 4.45. The fraction of sp³-hybridized carbons (Fsp3) is 0.273. The summed E-state index contributed by atoms with van der Waals surface area (Å²) in [6, 6.07) is 16.4. The van der Waals surface area contributed by atoms with Crippen molar-refractivity contribution in [1.29, 1.82) is 0 Å². The number of aliphatic carboxylic acids is 1. The third kappa shape index (κ3) is 3.27. The van der Waals surface area contributed by atoms with Gasteiger partial charge in [-0.2, -0.15) is 0 Å². The molecule has 0 heterocycles. The Labute approximate surface area is 153 Å². The number of carbonyl (C=O) groups excluding carboxylic acids is 1. The summed E-state index contributed by atoms with van der Waals surface area (Å²) >= 11 is 0. The predicted molar refractivity (Wildman–Crippen MR) is 102 cm³/mol. The second-order valence-corrected chi connectivity index (χ2v) is 7.68. The van der Waals surface area contributed by atoms with Gasteiger partial charge in [-0.05, 0) is 40.7 Å². The van der Waals surface area contributed by atoms with E-state index < -0.39 is 11.9 Å². The van der Waals surface area contributed by atoms with Gasteiger partial charge in [-0.15, -0.1) is 0 Å². The van der Waals surface area contributed by atoms with Gasteiger partial charge in [0.15, 0.2) is 0 Å². The molecule has 0 radical (unpaired) electrons. The number of carboxylic acids is 1. The minimum Gasteiger partial charge on any atom is -0.478 e. The summed E-state index contributed by atoms with van der Waals surface area (Å²) in [6.45, 7) is 6.82. The summed E-state index contributed by atoms with van der Waals surface area (Å²) in [5.41, 5.74) is 4.62. The van der Waals surface area contributed by atoms with Crippen LogP contribution in [0.25, 0.3) is 0 Å². The van der Waals surface area contributed by atoms with Crippen LogP contribution in [0.2, 0.25) is 0 Å². The van der Waals surface area contributed by atoms with E-state index in [1.54, 1.807) is 0 Å². The van der Waals surface area contributed by atoms with E-state index in [0.717, 1.165) is 18.6 Å². The van der Waals surface area contributed by atoms with Gasteiger partial charge in [-0.1, -0.05) is 57.2 Å². The van der Waals surface area contributed by atoms with Crippen molar-refractivity contribution in [3.63, 3.8) is 0 Å². The molecule has 3 rings (SSSR count). The number of carbonyl (C=O) groups is 2. The summed E-state index contributed by atoms with van der Waals surface area (Å²) in [7, 11) is 0. The van der Waals surface area contributed by atoms with Crippen molar-refractivity contribution in [1.82, 2.24) is 0 Å². The summed E-state index contributed by atoms with van der Waals surface area (Å²) in [5, 5.41) is 11.2. The molecule has 0 saturated heterocycles. The number of carboxylic acid groups (broad SMARTS) is 1. The first kappa shape index (κ1) is 17.9. The van der Waals surface area contributed by atoms with E-state index in [9.17, 15) is 9.59 Å². The van der Waals surface area contributed by atoms with Crippen molar-refractivity contribution >= 4 is 17.6 Å². The van der Waals surface area contributed by atoms with Crippen molar-refractivity contribution in [2.75, 3.05) is 5.32 Å². The van der Waals surface area contributed by atoms with Crippen molar-refractivity contribution in [2.24, 2.45) is 0 Å². The molecule has 1 amide bonds. The number of anilines is 1. The number of benzene rings is 2. The Bertz CT molecular complexity index is 881. The first-order chi connectivity index (χ1) is 12.2. The van der Waals surface area contributed by atoms with E-state index >= 15 is 0 Å². The Balaban J connectivity index is 1.85. The van der Waals surface area contributed by atoms with Gasteiger partial charge in [0.05, 0.1) is 0 Å². The number of hydrogen-bond donors (Lipinski definition) is 2. The van der Waals surface area contributed by atoms with Gasteiger partial charge in [-0.25, -0.2) is 4.79 Å². The molecule has 0 bridgehead atoms. The Morgan fingerprint density at radius 1 is 0.962 bits per heavy atom. The average molecular weight is 349 g/mol. The summed E-state index contributed by atoms with van der Waals surface area (Å²) in [5.74, 6) is -1.61. The molecule has 0 saturated carbocycles. The molecule has 4 nitrogen and oxygen atoms in total. The van der Waals surface area contributed by atoms with Crippen LogP contribution in [0, 0.1) is 0 Å². The molecule has 2 aromatic rings. The topological polar surface area (TPSA) is 66.4 Å². The SMILES string of the molecule is CC1(C)CC(C)(c2ccc(NC(=O)/C=C\C(=O)O)cc2)c2ccccc21. The van der Waals surface area contributed by atoms with Gasteiger partial charge in [0.2, 0.25) is 5.91 Å². The summed E-state index contributed by atoms with van der Waals surface area (Å²) in [6.07, 6.45) is 2.85. The van der Waals surface area contributed by atoms with Crippen LogP contribution >= 0.6 is 0 Å². The maximum Gasteiger partial charge on any atom is 0.328 e. The van der Waals surface area contributed by atoms with Crippen LogP contribution in [0.15, 0.2) is 60.7 Å². The molecular formula is C22H23NO3. The zero-order valence-corrected chi connectivity index (χ0v) is 15.2. The molecule has 1 unspecified atom stereocenters. The number of fused-ring (bicyclic) bond motifs is 1. The van der Waals surface area contributed by atoms with E-state index in [4.69, 9.17) is 5.11 Å². The fourth-order valence-corrected chi connectivity index (χ4v) is 4.14. The van der Waals surface area contributed by atoms with Crippen molar-refractivity contribution in [3.8, 4) is 0 Å². The lowest BCUT2D eigenvalue weighted by molar-refractivity contribution is -0.131. The molecule has 0 aromatic heterocycles.